The topological polar surface area (TPSA) is 86.5 Å². The first kappa shape index (κ1) is 21.9. The number of fused-ring (bicyclic) bond motifs is 1. The maximum atomic E-state index is 13.5. The van der Waals surface area contributed by atoms with Crippen LogP contribution in [0.3, 0.4) is 0 Å². The Labute approximate surface area is 204 Å². The number of hydrogen-bond donors (Lipinski definition) is 2. The van der Waals surface area contributed by atoms with Crippen LogP contribution in [0.4, 0.5) is 5.69 Å². The average molecular weight is 488 g/mol. The summed E-state index contributed by atoms with van der Waals surface area (Å²) in [6.45, 7) is 0.299. The number of rotatable bonds is 5. The summed E-state index contributed by atoms with van der Waals surface area (Å²) in [7, 11) is 0. The highest BCUT2D eigenvalue weighted by Gasteiger charge is 2.22. The lowest BCUT2D eigenvalue weighted by Gasteiger charge is -2.24. The predicted octanol–water partition coefficient (Wildman–Crippen LogP) is 6.27. The van der Waals surface area contributed by atoms with E-state index in [1.807, 2.05) is 66.0 Å². The first-order chi connectivity index (χ1) is 16.5. The number of carbonyl (C=O) groups excluding carboxylic acids is 1. The van der Waals surface area contributed by atoms with Gasteiger partial charge in [0.1, 0.15) is 11.5 Å². The second-order valence-electron chi connectivity index (χ2n) is 7.60. The summed E-state index contributed by atoms with van der Waals surface area (Å²) in [5.41, 5.74) is 4.04. The van der Waals surface area contributed by atoms with E-state index >= 15 is 0 Å². The van der Waals surface area contributed by atoms with Crippen molar-refractivity contribution in [3.63, 3.8) is 0 Å². The van der Waals surface area contributed by atoms with Crippen molar-refractivity contribution in [1.29, 1.82) is 0 Å². The highest BCUT2D eigenvalue weighted by Crippen LogP contribution is 2.33. The molecule has 0 saturated carbocycles. The summed E-state index contributed by atoms with van der Waals surface area (Å²) < 4.78 is 0.934. The van der Waals surface area contributed by atoms with Gasteiger partial charge in [-0.3, -0.25) is 4.79 Å². The monoisotopic (exact) mass is 487 g/mol. The van der Waals surface area contributed by atoms with Crippen LogP contribution in [-0.2, 0) is 6.54 Å². The Bertz CT molecular complexity index is 1490. The Morgan fingerprint density at radius 3 is 2.44 bits per heavy atom. The van der Waals surface area contributed by atoms with Crippen molar-refractivity contribution < 1.29 is 15.0 Å². The molecular formula is C26H18ClN3O3S. The van der Waals surface area contributed by atoms with Crippen molar-refractivity contribution in [3.8, 4) is 22.8 Å². The summed E-state index contributed by atoms with van der Waals surface area (Å²) >= 11 is 7.66. The van der Waals surface area contributed by atoms with E-state index in [4.69, 9.17) is 11.6 Å². The number of amides is 1. The number of hydrogen-bond acceptors (Lipinski definition) is 6. The van der Waals surface area contributed by atoms with Crippen LogP contribution >= 0.6 is 22.9 Å². The molecule has 2 aromatic heterocycles. The third kappa shape index (κ3) is 4.31. The van der Waals surface area contributed by atoms with Crippen LogP contribution in [-0.4, -0.2) is 26.1 Å². The zero-order chi connectivity index (χ0) is 23.7. The number of halogens is 1. The molecule has 0 atom stereocenters. The summed E-state index contributed by atoms with van der Waals surface area (Å²) in [6, 6.07) is 22.9. The number of aromatic hydroxyl groups is 2. The van der Waals surface area contributed by atoms with E-state index in [1.54, 1.807) is 4.90 Å². The van der Waals surface area contributed by atoms with Crippen molar-refractivity contribution in [2.24, 2.45) is 0 Å². The minimum Gasteiger partial charge on any atom is -0.508 e. The standard InChI is InChI=1S/C26H18ClN3O3S/c27-26-28-21-12-13-34-24(21)23(29-26)17-6-8-18(9-7-17)30(15-16-4-2-1-3-5-16)25(33)20-11-10-19(31)14-22(20)32/h1-14,31-32H,15H2. The number of thiophene rings is 1. The van der Waals surface area contributed by atoms with Crippen LogP contribution in [0.15, 0.2) is 84.2 Å². The maximum absolute atomic E-state index is 13.5. The molecule has 0 unspecified atom stereocenters. The number of carbonyl (C=O) groups is 1. The Balaban J connectivity index is 1.54. The number of nitrogens with zero attached hydrogens (tertiary/aromatic N) is 3. The lowest BCUT2D eigenvalue weighted by atomic mass is 10.1. The molecule has 8 heteroatoms. The van der Waals surface area contributed by atoms with Gasteiger partial charge in [0, 0.05) is 17.3 Å². The largest absolute Gasteiger partial charge is 0.508 e. The molecule has 3 aromatic carbocycles. The number of benzene rings is 3. The Morgan fingerprint density at radius 1 is 0.941 bits per heavy atom. The molecule has 2 N–H and O–H groups in total. The minimum atomic E-state index is -0.389. The van der Waals surface area contributed by atoms with E-state index in [-0.39, 0.29) is 28.3 Å². The van der Waals surface area contributed by atoms with Crippen LogP contribution in [0.25, 0.3) is 21.5 Å². The summed E-state index contributed by atoms with van der Waals surface area (Å²) in [6.07, 6.45) is 0. The molecule has 168 valence electrons. The second kappa shape index (κ2) is 9.13. The molecule has 2 heterocycles. The van der Waals surface area contributed by atoms with Gasteiger partial charge in [-0.15, -0.1) is 11.3 Å². The van der Waals surface area contributed by atoms with Crippen LogP contribution < -0.4 is 4.90 Å². The maximum Gasteiger partial charge on any atom is 0.262 e. The van der Waals surface area contributed by atoms with E-state index < -0.39 is 0 Å². The number of phenolic OH excluding ortho intramolecular Hbond substituents is 2. The zero-order valence-electron chi connectivity index (χ0n) is 17.7. The molecule has 34 heavy (non-hydrogen) atoms. The predicted molar refractivity (Wildman–Crippen MR) is 135 cm³/mol. The average Bonchev–Trinajstić information content (AvgIpc) is 3.31. The van der Waals surface area contributed by atoms with E-state index in [0.29, 0.717) is 12.2 Å². The minimum absolute atomic E-state index is 0.0979. The third-order valence-corrected chi connectivity index (χ3v) is 6.45. The SMILES string of the molecule is O=C(c1ccc(O)cc1O)N(Cc1ccccc1)c1ccc(-c2nc(Cl)nc3ccsc23)cc1. The number of aromatic nitrogens is 2. The zero-order valence-corrected chi connectivity index (χ0v) is 19.3. The molecule has 5 aromatic rings. The summed E-state index contributed by atoms with van der Waals surface area (Å²) in [5, 5.41) is 22.0. The molecule has 0 fully saturated rings. The van der Waals surface area contributed by atoms with Crippen LogP contribution in [0.1, 0.15) is 15.9 Å². The van der Waals surface area contributed by atoms with Gasteiger partial charge in [-0.2, -0.15) is 0 Å². The van der Waals surface area contributed by atoms with Crippen molar-refractivity contribution in [1.82, 2.24) is 9.97 Å². The lowest BCUT2D eigenvalue weighted by Crippen LogP contribution is -2.30. The van der Waals surface area contributed by atoms with Gasteiger partial charge in [0.05, 0.1) is 28.0 Å². The van der Waals surface area contributed by atoms with Gasteiger partial charge in [-0.05, 0) is 52.9 Å². The fourth-order valence-electron chi connectivity index (χ4n) is 3.72. The van der Waals surface area contributed by atoms with Gasteiger partial charge in [0.15, 0.2) is 0 Å². The first-order valence-electron chi connectivity index (χ1n) is 10.4. The Kier molecular flexibility index (Phi) is 5.88. The van der Waals surface area contributed by atoms with Crippen LogP contribution in [0.5, 0.6) is 11.5 Å². The van der Waals surface area contributed by atoms with Gasteiger partial charge in [0.2, 0.25) is 5.28 Å². The van der Waals surface area contributed by atoms with Crippen LogP contribution in [0, 0.1) is 0 Å². The molecule has 0 spiro atoms. The quantitative estimate of drug-likeness (QED) is 0.285. The van der Waals surface area contributed by atoms with Crippen LogP contribution in [0.2, 0.25) is 5.28 Å². The van der Waals surface area contributed by atoms with E-state index in [2.05, 4.69) is 9.97 Å². The van der Waals surface area contributed by atoms with Crippen molar-refractivity contribution >= 4 is 44.7 Å². The molecule has 0 radical (unpaired) electrons. The first-order valence-corrected chi connectivity index (χ1v) is 11.6. The Morgan fingerprint density at radius 2 is 1.71 bits per heavy atom. The van der Waals surface area contributed by atoms with E-state index in [9.17, 15) is 15.0 Å². The van der Waals surface area contributed by atoms with Gasteiger partial charge in [-0.1, -0.05) is 42.5 Å². The molecule has 0 aliphatic carbocycles. The molecule has 5 rings (SSSR count). The summed E-state index contributed by atoms with van der Waals surface area (Å²) in [5.74, 6) is -0.786. The third-order valence-electron chi connectivity index (χ3n) is 5.37. The molecule has 6 nitrogen and oxygen atoms in total. The fourth-order valence-corrected chi connectivity index (χ4v) is 4.74. The van der Waals surface area contributed by atoms with E-state index in [0.717, 1.165) is 33.1 Å². The Hall–Kier alpha value is -3.94. The van der Waals surface area contributed by atoms with Gasteiger partial charge >= 0.3 is 0 Å². The number of anilines is 1. The summed E-state index contributed by atoms with van der Waals surface area (Å²) in [4.78, 5) is 23.7. The molecule has 0 aliphatic rings. The normalized spacial score (nSPS) is 11.0. The van der Waals surface area contributed by atoms with Gasteiger partial charge < -0.3 is 15.1 Å². The number of phenols is 2. The smallest absolute Gasteiger partial charge is 0.262 e. The van der Waals surface area contributed by atoms with Crippen molar-refractivity contribution in [2.45, 2.75) is 6.54 Å². The van der Waals surface area contributed by atoms with E-state index in [1.165, 1.54) is 23.5 Å². The van der Waals surface area contributed by atoms with Gasteiger partial charge in [-0.25, -0.2) is 9.97 Å². The molecule has 0 saturated heterocycles. The molecule has 0 aliphatic heterocycles. The highest BCUT2D eigenvalue weighted by atomic mass is 35.5. The second-order valence-corrected chi connectivity index (χ2v) is 8.86. The highest BCUT2D eigenvalue weighted by molar-refractivity contribution is 7.17. The van der Waals surface area contributed by atoms with Gasteiger partial charge in [0.25, 0.3) is 5.91 Å². The molecular weight excluding hydrogens is 470 g/mol. The van der Waals surface area contributed by atoms with Crippen molar-refractivity contribution in [2.75, 3.05) is 4.90 Å². The van der Waals surface area contributed by atoms with Crippen molar-refractivity contribution in [3.05, 3.63) is 101 Å². The molecule has 1 amide bonds. The molecule has 0 bridgehead atoms. The fraction of sp³-hybridized carbons (Fsp3) is 0.0385. The lowest BCUT2D eigenvalue weighted by molar-refractivity contribution is 0.0982.